The van der Waals surface area contributed by atoms with E-state index in [2.05, 4.69) is 10.2 Å². The third kappa shape index (κ3) is 8.26. The van der Waals surface area contributed by atoms with Gasteiger partial charge in [-0.25, -0.2) is 0 Å². The molecule has 2 aromatic rings. The molecule has 0 radical (unpaired) electrons. The predicted octanol–water partition coefficient (Wildman–Crippen LogP) is 6.06. The first-order valence-corrected chi connectivity index (χ1v) is 5.82. The molecule has 0 unspecified atom stereocenters. The summed E-state index contributed by atoms with van der Waals surface area (Å²) in [5.41, 5.74) is 1.59. The van der Waals surface area contributed by atoms with Gasteiger partial charge in [0.15, 0.2) is 0 Å². The largest absolute Gasteiger partial charge is 0.673 e. The molecule has 0 atom stereocenters. The van der Waals surface area contributed by atoms with Crippen LogP contribution in [0.5, 0.6) is 0 Å². The Bertz CT molecular complexity index is 555. The van der Waals surface area contributed by atoms with E-state index in [-0.39, 0.29) is 0 Å². The van der Waals surface area contributed by atoms with Gasteiger partial charge in [0.1, 0.15) is 0 Å². The molecule has 2 rings (SSSR count). The standard InChI is InChI=1S/C12H9ClN2.BF4/c13-10-5-4-8-12(9-10)15-14-11-6-2-1-3-7-11;2-1(3,4)5/h1-9H;/q;-1. The van der Waals surface area contributed by atoms with Crippen LogP contribution in [0.3, 0.4) is 0 Å². The first kappa shape index (κ1) is 16.2. The Morgan fingerprint density at radius 2 is 1.25 bits per heavy atom. The maximum Gasteiger partial charge on any atom is 0.673 e. The fourth-order valence-corrected chi connectivity index (χ4v) is 1.33. The molecule has 0 saturated carbocycles. The van der Waals surface area contributed by atoms with Gasteiger partial charge in [0, 0.05) is 5.02 Å². The van der Waals surface area contributed by atoms with E-state index in [9.17, 15) is 17.3 Å². The molecular formula is C12H9BClF4N2-. The minimum Gasteiger partial charge on any atom is -0.418 e. The number of azo groups is 1. The van der Waals surface area contributed by atoms with Crippen molar-refractivity contribution in [3.8, 4) is 0 Å². The molecular weight excluding hydrogens is 294 g/mol. The van der Waals surface area contributed by atoms with Crippen LogP contribution in [-0.2, 0) is 0 Å². The van der Waals surface area contributed by atoms with Gasteiger partial charge in [-0.2, -0.15) is 10.2 Å². The zero-order chi connectivity index (χ0) is 15.0. The van der Waals surface area contributed by atoms with E-state index < -0.39 is 7.25 Å². The number of halogens is 5. The molecule has 2 nitrogen and oxygen atoms in total. The summed E-state index contributed by atoms with van der Waals surface area (Å²) in [7, 11) is -6.00. The van der Waals surface area contributed by atoms with E-state index in [0.29, 0.717) is 5.02 Å². The fourth-order valence-electron chi connectivity index (χ4n) is 1.15. The highest BCUT2D eigenvalue weighted by Crippen LogP contribution is 2.20. The van der Waals surface area contributed by atoms with Crippen LogP contribution in [0, 0.1) is 0 Å². The Morgan fingerprint density at radius 1 is 0.750 bits per heavy atom. The van der Waals surface area contributed by atoms with E-state index in [1.165, 1.54) is 0 Å². The second-order valence-corrected chi connectivity index (χ2v) is 3.95. The lowest BCUT2D eigenvalue weighted by Crippen LogP contribution is -2.02. The number of hydrogen-bond donors (Lipinski definition) is 0. The van der Waals surface area contributed by atoms with E-state index in [1.807, 2.05) is 48.5 Å². The van der Waals surface area contributed by atoms with Crippen LogP contribution in [-0.4, -0.2) is 7.25 Å². The Balaban J connectivity index is 0.000000347. The molecule has 0 amide bonds. The molecule has 0 spiro atoms. The summed E-state index contributed by atoms with van der Waals surface area (Å²) in [6, 6.07) is 16.9. The third-order valence-corrected chi connectivity index (χ3v) is 2.08. The monoisotopic (exact) mass is 303 g/mol. The molecule has 0 fully saturated rings. The summed E-state index contributed by atoms with van der Waals surface area (Å²) in [4.78, 5) is 0. The van der Waals surface area contributed by atoms with Crippen molar-refractivity contribution in [2.75, 3.05) is 0 Å². The van der Waals surface area contributed by atoms with Gasteiger partial charge in [-0.1, -0.05) is 35.9 Å². The quantitative estimate of drug-likeness (QED) is 0.366. The Kier molecular flexibility index (Phi) is 6.18. The Hall–Kier alpha value is -1.89. The number of benzene rings is 2. The summed E-state index contributed by atoms with van der Waals surface area (Å²) in [5.74, 6) is 0. The van der Waals surface area contributed by atoms with E-state index in [4.69, 9.17) is 11.6 Å². The van der Waals surface area contributed by atoms with Crippen LogP contribution < -0.4 is 0 Å². The van der Waals surface area contributed by atoms with E-state index in [0.717, 1.165) is 11.4 Å². The van der Waals surface area contributed by atoms with Crippen LogP contribution >= 0.6 is 11.6 Å². The first-order valence-electron chi connectivity index (χ1n) is 5.44. The van der Waals surface area contributed by atoms with Gasteiger partial charge in [-0.05, 0) is 30.3 Å². The average Bonchev–Trinajstić information content (AvgIpc) is 2.36. The average molecular weight is 303 g/mol. The van der Waals surface area contributed by atoms with Crippen molar-refractivity contribution in [1.29, 1.82) is 0 Å². The molecule has 106 valence electrons. The van der Waals surface area contributed by atoms with Crippen molar-refractivity contribution in [2.24, 2.45) is 10.2 Å². The van der Waals surface area contributed by atoms with Gasteiger partial charge in [-0.3, -0.25) is 0 Å². The second kappa shape index (κ2) is 7.64. The van der Waals surface area contributed by atoms with Gasteiger partial charge < -0.3 is 17.3 Å². The predicted molar refractivity (Wildman–Crippen MR) is 72.3 cm³/mol. The highest BCUT2D eigenvalue weighted by Gasteiger charge is 2.20. The van der Waals surface area contributed by atoms with Gasteiger partial charge in [0.2, 0.25) is 0 Å². The maximum atomic E-state index is 9.75. The maximum absolute atomic E-state index is 9.75. The summed E-state index contributed by atoms with van der Waals surface area (Å²) >= 11 is 5.82. The normalized spacial score (nSPS) is 11.1. The van der Waals surface area contributed by atoms with Crippen LogP contribution in [0.2, 0.25) is 5.02 Å². The van der Waals surface area contributed by atoms with Crippen molar-refractivity contribution in [2.45, 2.75) is 0 Å². The minimum absolute atomic E-state index is 0.666. The van der Waals surface area contributed by atoms with Crippen LogP contribution in [0.1, 0.15) is 0 Å². The molecule has 0 heterocycles. The first-order chi connectivity index (χ1) is 9.34. The zero-order valence-electron chi connectivity index (χ0n) is 10.1. The van der Waals surface area contributed by atoms with Crippen LogP contribution in [0.25, 0.3) is 0 Å². The highest BCUT2D eigenvalue weighted by molar-refractivity contribution is 6.50. The molecule has 0 aromatic heterocycles. The smallest absolute Gasteiger partial charge is 0.418 e. The molecule has 0 saturated heterocycles. The van der Waals surface area contributed by atoms with Gasteiger partial charge >= 0.3 is 7.25 Å². The molecule has 20 heavy (non-hydrogen) atoms. The van der Waals surface area contributed by atoms with Gasteiger partial charge in [0.05, 0.1) is 11.4 Å². The zero-order valence-corrected chi connectivity index (χ0v) is 10.8. The highest BCUT2D eigenvalue weighted by atomic mass is 35.5. The second-order valence-electron chi connectivity index (χ2n) is 3.51. The molecule has 0 aliphatic heterocycles. The minimum atomic E-state index is -6.00. The summed E-state index contributed by atoms with van der Waals surface area (Å²) in [5, 5.41) is 8.83. The van der Waals surface area contributed by atoms with E-state index in [1.54, 1.807) is 6.07 Å². The Morgan fingerprint density at radius 3 is 1.80 bits per heavy atom. The third-order valence-electron chi connectivity index (χ3n) is 1.85. The number of hydrogen-bond acceptors (Lipinski definition) is 2. The molecule has 0 bridgehead atoms. The van der Waals surface area contributed by atoms with Crippen molar-refractivity contribution in [3.63, 3.8) is 0 Å². The van der Waals surface area contributed by atoms with Crippen molar-refractivity contribution in [3.05, 3.63) is 59.6 Å². The van der Waals surface area contributed by atoms with Crippen LogP contribution in [0.4, 0.5) is 28.6 Å². The van der Waals surface area contributed by atoms with Crippen molar-refractivity contribution >= 4 is 30.2 Å². The number of rotatable bonds is 2. The molecule has 0 aliphatic carbocycles. The summed E-state index contributed by atoms with van der Waals surface area (Å²) in [6.07, 6.45) is 0. The lowest BCUT2D eigenvalue weighted by molar-refractivity contribution is 0.368. The molecule has 2 aromatic carbocycles. The molecule has 0 N–H and O–H groups in total. The van der Waals surface area contributed by atoms with Crippen LogP contribution in [0.15, 0.2) is 64.8 Å². The van der Waals surface area contributed by atoms with Gasteiger partial charge in [0.25, 0.3) is 0 Å². The number of nitrogens with zero attached hydrogens (tertiary/aromatic N) is 2. The molecule has 8 heteroatoms. The van der Waals surface area contributed by atoms with Crippen molar-refractivity contribution in [1.82, 2.24) is 0 Å². The topological polar surface area (TPSA) is 24.7 Å². The summed E-state index contributed by atoms with van der Waals surface area (Å²) < 4.78 is 39.0. The molecule has 0 aliphatic rings. The van der Waals surface area contributed by atoms with Gasteiger partial charge in [-0.15, -0.1) is 0 Å². The van der Waals surface area contributed by atoms with E-state index >= 15 is 0 Å². The summed E-state index contributed by atoms with van der Waals surface area (Å²) in [6.45, 7) is 0. The van der Waals surface area contributed by atoms with Crippen molar-refractivity contribution < 1.29 is 17.3 Å². The lowest BCUT2D eigenvalue weighted by atomic mass is 10.3. The SMILES string of the molecule is Clc1cccc(N=Nc2ccccc2)c1.F[B-](F)(F)F. The lowest BCUT2D eigenvalue weighted by Gasteiger charge is -1.94. The Labute approximate surface area is 118 Å². The fraction of sp³-hybridized carbons (Fsp3) is 0.